The molecule has 0 amide bonds. The molecule has 3 nitrogen and oxygen atoms in total. The van der Waals surface area contributed by atoms with E-state index >= 15 is 0 Å². The number of nitrogens with zero attached hydrogens (tertiary/aromatic N) is 1. The number of thiophene rings is 1. The van der Waals surface area contributed by atoms with Crippen LogP contribution in [0.4, 0.5) is 5.82 Å². The van der Waals surface area contributed by atoms with Crippen molar-refractivity contribution in [3.05, 3.63) is 23.7 Å². The molecule has 0 bridgehead atoms. The monoisotopic (exact) mass is 249 g/mol. The van der Waals surface area contributed by atoms with E-state index in [9.17, 15) is 0 Å². The number of pyridine rings is 1. The van der Waals surface area contributed by atoms with Crippen LogP contribution in [0.3, 0.4) is 0 Å². The summed E-state index contributed by atoms with van der Waals surface area (Å²) in [5.41, 5.74) is 5.77. The lowest BCUT2D eigenvalue weighted by molar-refractivity contribution is 0.382. The maximum atomic E-state index is 5.89. The summed E-state index contributed by atoms with van der Waals surface area (Å²) in [5, 5.41) is 6.77. The molecule has 2 aromatic heterocycles. The predicted octanol–water partition coefficient (Wildman–Crippen LogP) is 3.08. The highest BCUT2D eigenvalue weighted by atomic mass is 32.1. The Bertz CT molecular complexity index is 506. The zero-order valence-electron chi connectivity index (χ0n) is 10.5. The van der Waals surface area contributed by atoms with Gasteiger partial charge in [0.25, 0.3) is 0 Å². The number of hydrogen-bond acceptors (Lipinski definition) is 4. The van der Waals surface area contributed by atoms with E-state index in [2.05, 4.69) is 42.5 Å². The standard InChI is InChI=1S/C13H19N3S/c1-9(2)13(3,8-14)16-12-10-5-7-17-11(10)4-6-15-12/h4-7,9H,8,14H2,1-3H3,(H,15,16). The molecule has 0 aliphatic carbocycles. The maximum Gasteiger partial charge on any atom is 0.135 e. The van der Waals surface area contributed by atoms with Crippen molar-refractivity contribution in [2.24, 2.45) is 11.7 Å². The Labute approximate surface area is 106 Å². The highest BCUT2D eigenvalue weighted by molar-refractivity contribution is 7.17. The normalized spacial score (nSPS) is 15.1. The quantitative estimate of drug-likeness (QED) is 0.875. The van der Waals surface area contributed by atoms with Gasteiger partial charge < -0.3 is 11.1 Å². The fourth-order valence-corrected chi connectivity index (χ4v) is 2.48. The molecule has 1 atom stereocenters. The third kappa shape index (κ3) is 2.28. The Hall–Kier alpha value is -1.13. The summed E-state index contributed by atoms with van der Waals surface area (Å²) in [6, 6.07) is 4.15. The van der Waals surface area contributed by atoms with Crippen molar-refractivity contribution in [1.29, 1.82) is 0 Å². The van der Waals surface area contributed by atoms with Crippen molar-refractivity contribution in [3.8, 4) is 0 Å². The summed E-state index contributed by atoms with van der Waals surface area (Å²) in [4.78, 5) is 4.43. The van der Waals surface area contributed by atoms with Gasteiger partial charge in [-0.25, -0.2) is 4.98 Å². The number of nitrogens with one attached hydrogen (secondary N) is 1. The summed E-state index contributed by atoms with van der Waals surface area (Å²) in [5.74, 6) is 1.38. The Morgan fingerprint density at radius 3 is 2.88 bits per heavy atom. The van der Waals surface area contributed by atoms with E-state index < -0.39 is 0 Å². The third-order valence-corrected chi connectivity index (χ3v) is 4.36. The summed E-state index contributed by atoms with van der Waals surface area (Å²) in [6.07, 6.45) is 1.85. The minimum atomic E-state index is -0.122. The third-order valence-electron chi connectivity index (χ3n) is 3.48. The molecule has 0 aliphatic rings. The molecule has 2 heterocycles. The first-order chi connectivity index (χ1) is 8.07. The lowest BCUT2D eigenvalue weighted by Crippen LogP contribution is -2.47. The number of nitrogens with two attached hydrogens (primary N) is 1. The minimum Gasteiger partial charge on any atom is -0.363 e. The van der Waals surface area contributed by atoms with Crippen molar-refractivity contribution >= 4 is 27.2 Å². The molecule has 17 heavy (non-hydrogen) atoms. The lowest BCUT2D eigenvalue weighted by Gasteiger charge is -2.34. The molecule has 2 rings (SSSR count). The van der Waals surface area contributed by atoms with Crippen LogP contribution in [0, 0.1) is 5.92 Å². The molecular weight excluding hydrogens is 230 g/mol. The van der Waals surface area contributed by atoms with Gasteiger partial charge in [-0.05, 0) is 30.4 Å². The second-order valence-electron chi connectivity index (χ2n) is 4.89. The van der Waals surface area contributed by atoms with E-state index in [1.165, 1.54) is 10.1 Å². The summed E-state index contributed by atoms with van der Waals surface area (Å²) < 4.78 is 1.26. The molecule has 0 radical (unpaired) electrons. The van der Waals surface area contributed by atoms with Crippen LogP contribution < -0.4 is 11.1 Å². The van der Waals surface area contributed by atoms with Crippen molar-refractivity contribution in [2.45, 2.75) is 26.3 Å². The molecule has 1 unspecified atom stereocenters. The number of aromatic nitrogens is 1. The van der Waals surface area contributed by atoms with E-state index in [1.54, 1.807) is 11.3 Å². The molecule has 2 aromatic rings. The van der Waals surface area contributed by atoms with Crippen LogP contribution in [-0.4, -0.2) is 17.1 Å². The first-order valence-corrected chi connectivity index (χ1v) is 6.75. The number of fused-ring (bicyclic) bond motifs is 1. The largest absolute Gasteiger partial charge is 0.363 e. The molecular formula is C13H19N3S. The van der Waals surface area contributed by atoms with Gasteiger partial charge in [0.05, 0.1) is 5.54 Å². The highest BCUT2D eigenvalue weighted by Gasteiger charge is 2.27. The fourth-order valence-electron chi connectivity index (χ4n) is 1.70. The molecule has 0 fully saturated rings. The Kier molecular flexibility index (Phi) is 3.35. The molecule has 3 N–H and O–H groups in total. The Morgan fingerprint density at radius 2 is 2.24 bits per heavy atom. The molecule has 4 heteroatoms. The predicted molar refractivity (Wildman–Crippen MR) is 75.5 cm³/mol. The van der Waals surface area contributed by atoms with Gasteiger partial charge >= 0.3 is 0 Å². The second-order valence-corrected chi connectivity index (χ2v) is 5.84. The van der Waals surface area contributed by atoms with Gasteiger partial charge in [0, 0.05) is 22.8 Å². The van der Waals surface area contributed by atoms with Crippen LogP contribution in [-0.2, 0) is 0 Å². The van der Waals surface area contributed by atoms with Gasteiger partial charge in [0.15, 0.2) is 0 Å². The zero-order valence-corrected chi connectivity index (χ0v) is 11.3. The number of anilines is 1. The SMILES string of the molecule is CC(C)C(C)(CN)Nc1nccc2sccc12. The molecule has 0 aromatic carbocycles. The first kappa shape index (κ1) is 12.3. The van der Waals surface area contributed by atoms with Gasteiger partial charge in [0.1, 0.15) is 5.82 Å². The minimum absolute atomic E-state index is 0.122. The molecule has 0 spiro atoms. The van der Waals surface area contributed by atoms with Crippen LogP contribution in [0.25, 0.3) is 10.1 Å². The second kappa shape index (κ2) is 4.63. The molecule has 92 valence electrons. The summed E-state index contributed by atoms with van der Waals surface area (Å²) in [7, 11) is 0. The summed E-state index contributed by atoms with van der Waals surface area (Å²) in [6.45, 7) is 7.08. The van der Waals surface area contributed by atoms with Crippen molar-refractivity contribution < 1.29 is 0 Å². The van der Waals surface area contributed by atoms with Crippen LogP contribution in [0.1, 0.15) is 20.8 Å². The fraction of sp³-hybridized carbons (Fsp3) is 0.462. The highest BCUT2D eigenvalue weighted by Crippen LogP contribution is 2.29. The Morgan fingerprint density at radius 1 is 1.47 bits per heavy atom. The van der Waals surface area contributed by atoms with Crippen molar-refractivity contribution in [3.63, 3.8) is 0 Å². The number of hydrogen-bond donors (Lipinski definition) is 2. The lowest BCUT2D eigenvalue weighted by atomic mass is 9.88. The van der Waals surface area contributed by atoms with Crippen LogP contribution in [0.15, 0.2) is 23.7 Å². The van der Waals surface area contributed by atoms with Gasteiger partial charge in [-0.2, -0.15) is 0 Å². The van der Waals surface area contributed by atoms with E-state index in [-0.39, 0.29) is 5.54 Å². The maximum absolute atomic E-state index is 5.89. The smallest absolute Gasteiger partial charge is 0.135 e. The molecule has 0 saturated carbocycles. The number of rotatable bonds is 4. The molecule has 0 aliphatic heterocycles. The van der Waals surface area contributed by atoms with Gasteiger partial charge in [-0.3, -0.25) is 0 Å². The van der Waals surface area contributed by atoms with Crippen molar-refractivity contribution in [1.82, 2.24) is 4.98 Å². The van der Waals surface area contributed by atoms with E-state index in [0.717, 1.165) is 5.82 Å². The average Bonchev–Trinajstić information content (AvgIpc) is 2.77. The zero-order chi connectivity index (χ0) is 12.5. The van der Waals surface area contributed by atoms with Crippen LogP contribution >= 0.6 is 11.3 Å². The van der Waals surface area contributed by atoms with E-state index in [4.69, 9.17) is 5.73 Å². The van der Waals surface area contributed by atoms with Gasteiger partial charge in [0.2, 0.25) is 0 Å². The van der Waals surface area contributed by atoms with Crippen molar-refractivity contribution in [2.75, 3.05) is 11.9 Å². The van der Waals surface area contributed by atoms with Gasteiger partial charge in [-0.15, -0.1) is 11.3 Å². The van der Waals surface area contributed by atoms with E-state index in [1.807, 2.05) is 12.3 Å². The summed E-state index contributed by atoms with van der Waals surface area (Å²) >= 11 is 1.73. The topological polar surface area (TPSA) is 50.9 Å². The van der Waals surface area contributed by atoms with Gasteiger partial charge in [-0.1, -0.05) is 13.8 Å². The molecule has 0 saturated heterocycles. The first-order valence-electron chi connectivity index (χ1n) is 5.87. The van der Waals surface area contributed by atoms with Crippen LogP contribution in [0.5, 0.6) is 0 Å². The van der Waals surface area contributed by atoms with E-state index in [0.29, 0.717) is 12.5 Å². The van der Waals surface area contributed by atoms with Crippen LogP contribution in [0.2, 0.25) is 0 Å². The average molecular weight is 249 g/mol. The Balaban J connectivity index is 2.38.